The van der Waals surface area contributed by atoms with Gasteiger partial charge in [0.2, 0.25) is 0 Å². The first-order chi connectivity index (χ1) is 12.1. The number of aromatic hydroxyl groups is 2. The van der Waals surface area contributed by atoms with Crippen LogP contribution in [0.25, 0.3) is 0 Å². The number of rotatable bonds is 3. The van der Waals surface area contributed by atoms with E-state index in [-0.39, 0.29) is 17.3 Å². The van der Waals surface area contributed by atoms with Gasteiger partial charge in [-0.2, -0.15) is 0 Å². The van der Waals surface area contributed by atoms with Crippen LogP contribution in [0.3, 0.4) is 0 Å². The van der Waals surface area contributed by atoms with Crippen molar-refractivity contribution in [1.82, 2.24) is 0 Å². The molecule has 0 aromatic heterocycles. The highest BCUT2D eigenvalue weighted by atomic mass is 16.5. The van der Waals surface area contributed by atoms with Crippen LogP contribution in [0.1, 0.15) is 62.7 Å². The zero-order chi connectivity index (χ0) is 17.6. The Bertz CT molecular complexity index is 761. The van der Waals surface area contributed by atoms with Crippen molar-refractivity contribution in [3.63, 3.8) is 0 Å². The summed E-state index contributed by atoms with van der Waals surface area (Å²) in [7, 11) is 0. The van der Waals surface area contributed by atoms with Crippen LogP contribution >= 0.6 is 0 Å². The van der Waals surface area contributed by atoms with Gasteiger partial charge < -0.3 is 14.9 Å². The van der Waals surface area contributed by atoms with E-state index < -0.39 is 0 Å². The second kappa shape index (κ2) is 5.98. The van der Waals surface area contributed by atoms with E-state index in [0.717, 1.165) is 30.6 Å². The van der Waals surface area contributed by atoms with E-state index in [1.54, 1.807) is 18.2 Å². The molecule has 0 saturated heterocycles. The van der Waals surface area contributed by atoms with Crippen molar-refractivity contribution >= 4 is 0 Å². The maximum absolute atomic E-state index is 10.1. The molecule has 0 amide bonds. The third-order valence-electron chi connectivity index (χ3n) is 6.66. The molecule has 3 nitrogen and oxygen atoms in total. The van der Waals surface area contributed by atoms with Crippen LogP contribution in [0.2, 0.25) is 0 Å². The van der Waals surface area contributed by atoms with Gasteiger partial charge in [0.05, 0.1) is 0 Å². The molecule has 25 heavy (non-hydrogen) atoms. The van der Waals surface area contributed by atoms with Gasteiger partial charge in [0.15, 0.2) is 0 Å². The summed E-state index contributed by atoms with van der Waals surface area (Å²) < 4.78 is 6.42. The molecule has 1 fully saturated rings. The molecule has 3 heteroatoms. The molecule has 132 valence electrons. The van der Waals surface area contributed by atoms with E-state index in [9.17, 15) is 10.2 Å². The molecule has 1 aliphatic carbocycles. The number of hydrogen-bond acceptors (Lipinski definition) is 3. The molecule has 0 unspecified atom stereocenters. The van der Waals surface area contributed by atoms with E-state index in [4.69, 9.17) is 4.74 Å². The highest BCUT2D eigenvalue weighted by molar-refractivity contribution is 5.47. The van der Waals surface area contributed by atoms with E-state index in [2.05, 4.69) is 13.8 Å². The van der Waals surface area contributed by atoms with Crippen LogP contribution < -0.4 is 4.74 Å². The van der Waals surface area contributed by atoms with Crippen LogP contribution in [-0.4, -0.2) is 10.2 Å². The molecule has 2 aromatic carbocycles. The SMILES string of the molecule is CCC1(CC)CC[C@H]2[C@@H](c3ccc(O)cc3)Oc3ccc(O)cc3[C@H]21. The van der Waals surface area contributed by atoms with Gasteiger partial charge in [-0.25, -0.2) is 0 Å². The van der Waals surface area contributed by atoms with Gasteiger partial charge >= 0.3 is 0 Å². The van der Waals surface area contributed by atoms with Crippen molar-refractivity contribution in [2.24, 2.45) is 11.3 Å². The minimum Gasteiger partial charge on any atom is -0.508 e. The molecular weight excluding hydrogens is 312 g/mol. The summed E-state index contributed by atoms with van der Waals surface area (Å²) in [5, 5.41) is 19.7. The van der Waals surface area contributed by atoms with E-state index in [0.29, 0.717) is 17.6 Å². The molecular formula is C22H26O3. The smallest absolute Gasteiger partial charge is 0.127 e. The predicted octanol–water partition coefficient (Wildman–Crippen LogP) is 5.53. The number of hydrogen-bond donors (Lipinski definition) is 2. The Kier molecular flexibility index (Phi) is 3.90. The van der Waals surface area contributed by atoms with E-state index >= 15 is 0 Å². The largest absolute Gasteiger partial charge is 0.508 e. The number of ether oxygens (including phenoxy) is 1. The standard InChI is InChI=1S/C22H26O3/c1-3-22(4-2)12-11-17-20(22)18-13-16(24)9-10-19(18)25-21(17)14-5-7-15(23)8-6-14/h5-10,13,17,20-21,23-24H,3-4,11-12H2,1-2H3/t17-,20+,21-/m1/s1. The fourth-order valence-corrected chi connectivity index (χ4v) is 5.25. The third-order valence-corrected chi connectivity index (χ3v) is 6.66. The molecule has 2 aliphatic rings. The molecule has 4 rings (SSSR count). The number of phenols is 2. The Labute approximate surface area is 149 Å². The average Bonchev–Trinajstić information content (AvgIpc) is 3.02. The van der Waals surface area contributed by atoms with Crippen molar-refractivity contribution in [3.05, 3.63) is 53.6 Å². The zero-order valence-electron chi connectivity index (χ0n) is 14.9. The molecule has 2 aromatic rings. The van der Waals surface area contributed by atoms with E-state index in [1.165, 1.54) is 12.0 Å². The minimum atomic E-state index is 0.00242. The number of phenolic OH excluding ortho intramolecular Hbond substituents is 2. The lowest BCUT2D eigenvalue weighted by molar-refractivity contribution is 0.0765. The van der Waals surface area contributed by atoms with Gasteiger partial charge in [-0.15, -0.1) is 0 Å². The van der Waals surface area contributed by atoms with Gasteiger partial charge in [0, 0.05) is 11.5 Å². The topological polar surface area (TPSA) is 49.7 Å². The zero-order valence-corrected chi connectivity index (χ0v) is 14.9. The normalized spacial score (nSPS) is 26.6. The monoisotopic (exact) mass is 338 g/mol. The van der Waals surface area contributed by atoms with Crippen LogP contribution in [0, 0.1) is 11.3 Å². The summed E-state index contributed by atoms with van der Waals surface area (Å²) in [5.41, 5.74) is 2.56. The Morgan fingerprint density at radius 1 is 1.00 bits per heavy atom. The van der Waals surface area contributed by atoms with Gasteiger partial charge in [-0.1, -0.05) is 26.0 Å². The summed E-state index contributed by atoms with van der Waals surface area (Å²) in [6.07, 6.45) is 4.61. The first kappa shape index (κ1) is 16.3. The molecule has 0 bridgehead atoms. The average molecular weight is 338 g/mol. The van der Waals surface area contributed by atoms with Crippen LogP contribution in [0.5, 0.6) is 17.2 Å². The molecule has 1 saturated carbocycles. The number of benzene rings is 2. The van der Waals surface area contributed by atoms with Crippen LogP contribution in [0.15, 0.2) is 42.5 Å². The van der Waals surface area contributed by atoms with Crippen LogP contribution in [-0.2, 0) is 0 Å². The highest BCUT2D eigenvalue weighted by Crippen LogP contribution is 2.64. The van der Waals surface area contributed by atoms with Gasteiger partial charge in [0.25, 0.3) is 0 Å². The van der Waals surface area contributed by atoms with Crippen molar-refractivity contribution in [2.45, 2.75) is 51.6 Å². The maximum Gasteiger partial charge on any atom is 0.127 e. The fraction of sp³-hybridized carbons (Fsp3) is 0.455. The quantitative estimate of drug-likeness (QED) is 0.773. The summed E-state index contributed by atoms with van der Waals surface area (Å²) in [6.45, 7) is 4.58. The van der Waals surface area contributed by atoms with E-state index in [1.807, 2.05) is 24.3 Å². The highest BCUT2D eigenvalue weighted by Gasteiger charge is 2.53. The van der Waals surface area contributed by atoms with Gasteiger partial charge in [-0.3, -0.25) is 0 Å². The van der Waals surface area contributed by atoms with Gasteiger partial charge in [-0.05, 0) is 72.9 Å². The second-order valence-corrected chi connectivity index (χ2v) is 7.60. The lowest BCUT2D eigenvalue weighted by atomic mass is 9.66. The summed E-state index contributed by atoms with van der Waals surface area (Å²) in [5.74, 6) is 2.29. The molecule has 0 spiro atoms. The summed E-state index contributed by atoms with van der Waals surface area (Å²) in [4.78, 5) is 0. The van der Waals surface area contributed by atoms with Crippen LogP contribution in [0.4, 0.5) is 0 Å². The lowest BCUT2D eigenvalue weighted by Crippen LogP contribution is -2.33. The first-order valence-corrected chi connectivity index (χ1v) is 9.36. The Hall–Kier alpha value is -2.16. The molecule has 3 atom stereocenters. The Morgan fingerprint density at radius 3 is 2.36 bits per heavy atom. The first-order valence-electron chi connectivity index (χ1n) is 9.36. The van der Waals surface area contributed by atoms with Crippen molar-refractivity contribution < 1.29 is 14.9 Å². The second-order valence-electron chi connectivity index (χ2n) is 7.60. The third kappa shape index (κ3) is 2.48. The summed E-state index contributed by atoms with van der Waals surface area (Å²) >= 11 is 0. The van der Waals surface area contributed by atoms with Crippen molar-refractivity contribution in [2.75, 3.05) is 0 Å². The van der Waals surface area contributed by atoms with Crippen molar-refractivity contribution in [3.8, 4) is 17.2 Å². The fourth-order valence-electron chi connectivity index (χ4n) is 5.25. The molecule has 0 radical (unpaired) electrons. The van der Waals surface area contributed by atoms with Gasteiger partial charge in [0.1, 0.15) is 23.4 Å². The molecule has 2 N–H and O–H groups in total. The number of fused-ring (bicyclic) bond motifs is 3. The molecule has 1 aliphatic heterocycles. The predicted molar refractivity (Wildman–Crippen MR) is 98.1 cm³/mol. The lowest BCUT2D eigenvalue weighted by Gasteiger charge is -2.43. The molecule has 1 heterocycles. The van der Waals surface area contributed by atoms with Crippen molar-refractivity contribution in [1.29, 1.82) is 0 Å². The minimum absolute atomic E-state index is 0.00242. The summed E-state index contributed by atoms with van der Waals surface area (Å²) in [6, 6.07) is 12.9. The Morgan fingerprint density at radius 2 is 1.68 bits per heavy atom. The maximum atomic E-state index is 10.1. The Balaban J connectivity index is 1.84.